The van der Waals surface area contributed by atoms with Gasteiger partial charge in [0.2, 0.25) is 0 Å². The Morgan fingerprint density at radius 1 is 1.35 bits per heavy atom. The third-order valence-corrected chi connectivity index (χ3v) is 3.50. The Labute approximate surface area is 108 Å². The van der Waals surface area contributed by atoms with Crippen LogP contribution in [0.15, 0.2) is 0 Å². The van der Waals surface area contributed by atoms with Gasteiger partial charge in [0.15, 0.2) is 0 Å². The molecular weight excluding hydrogens is 236 g/mol. The fourth-order valence-electron chi connectivity index (χ4n) is 2.35. The van der Waals surface area contributed by atoms with E-state index in [1.54, 1.807) is 0 Å². The molecule has 0 bridgehead atoms. The molecule has 2 heterocycles. The van der Waals surface area contributed by atoms with Gasteiger partial charge in [-0.05, 0) is 25.7 Å². The highest BCUT2D eigenvalue weighted by atomic mass is 35.5. The quantitative estimate of drug-likeness (QED) is 0.759. The van der Waals surface area contributed by atoms with Crippen LogP contribution in [0.5, 0.6) is 0 Å². The number of hydrogen-bond donors (Lipinski definition) is 0. The van der Waals surface area contributed by atoms with Gasteiger partial charge in [0, 0.05) is 23.8 Å². The number of rotatable bonds is 2. The highest BCUT2D eigenvalue weighted by Crippen LogP contribution is 2.29. The molecule has 1 aromatic heterocycles. The van der Waals surface area contributed by atoms with Gasteiger partial charge in [0.1, 0.15) is 11.0 Å². The Kier molecular flexibility index (Phi) is 4.00. The molecule has 1 aliphatic rings. The molecule has 1 aliphatic heterocycles. The average Bonchev–Trinajstić information content (AvgIpc) is 2.28. The van der Waals surface area contributed by atoms with Gasteiger partial charge in [-0.25, -0.2) is 9.97 Å². The monoisotopic (exact) mass is 254 g/mol. The molecule has 3 nitrogen and oxygen atoms in total. The zero-order chi connectivity index (χ0) is 12.4. The molecule has 0 amide bonds. The van der Waals surface area contributed by atoms with E-state index in [0.717, 1.165) is 43.1 Å². The van der Waals surface area contributed by atoms with Crippen LogP contribution in [0.25, 0.3) is 0 Å². The number of ether oxygens (including phenoxy) is 1. The van der Waals surface area contributed by atoms with Crippen molar-refractivity contribution in [2.24, 2.45) is 0 Å². The van der Waals surface area contributed by atoms with Crippen LogP contribution in [-0.4, -0.2) is 23.2 Å². The summed E-state index contributed by atoms with van der Waals surface area (Å²) in [6, 6.07) is 0. The van der Waals surface area contributed by atoms with Crippen molar-refractivity contribution >= 4 is 11.6 Å². The van der Waals surface area contributed by atoms with Gasteiger partial charge in [-0.2, -0.15) is 0 Å². The predicted octanol–water partition coefficient (Wildman–Crippen LogP) is 3.46. The molecule has 1 unspecified atom stereocenters. The third-order valence-electron chi connectivity index (χ3n) is 3.21. The Bertz CT molecular complexity index is 377. The van der Waals surface area contributed by atoms with E-state index in [0.29, 0.717) is 17.0 Å². The fourth-order valence-corrected chi connectivity index (χ4v) is 2.79. The average molecular weight is 255 g/mol. The topological polar surface area (TPSA) is 35.0 Å². The lowest BCUT2D eigenvalue weighted by Gasteiger charge is -2.22. The SMILES string of the molecule is Cc1nc(C2CCCOC2)nc(Cl)c1C(C)C. The van der Waals surface area contributed by atoms with Gasteiger partial charge in [0.25, 0.3) is 0 Å². The molecule has 17 heavy (non-hydrogen) atoms. The van der Waals surface area contributed by atoms with E-state index in [-0.39, 0.29) is 0 Å². The van der Waals surface area contributed by atoms with Crippen LogP contribution >= 0.6 is 11.6 Å². The molecule has 0 spiro atoms. The molecule has 1 fully saturated rings. The summed E-state index contributed by atoms with van der Waals surface area (Å²) in [4.78, 5) is 9.06. The van der Waals surface area contributed by atoms with E-state index < -0.39 is 0 Å². The largest absolute Gasteiger partial charge is 0.381 e. The third kappa shape index (κ3) is 2.78. The van der Waals surface area contributed by atoms with Gasteiger partial charge in [-0.3, -0.25) is 0 Å². The molecule has 1 aromatic rings. The van der Waals surface area contributed by atoms with Gasteiger partial charge in [-0.15, -0.1) is 0 Å². The smallest absolute Gasteiger partial charge is 0.136 e. The van der Waals surface area contributed by atoms with Crippen LogP contribution in [0, 0.1) is 6.92 Å². The molecule has 2 rings (SSSR count). The minimum absolute atomic E-state index is 0.307. The maximum Gasteiger partial charge on any atom is 0.136 e. The number of aryl methyl sites for hydroxylation is 1. The van der Waals surface area contributed by atoms with Crippen LogP contribution in [0.4, 0.5) is 0 Å². The maximum absolute atomic E-state index is 6.26. The predicted molar refractivity (Wildman–Crippen MR) is 68.7 cm³/mol. The van der Waals surface area contributed by atoms with Crippen molar-refractivity contribution in [3.63, 3.8) is 0 Å². The van der Waals surface area contributed by atoms with Crippen molar-refractivity contribution in [1.82, 2.24) is 9.97 Å². The molecule has 94 valence electrons. The number of halogens is 1. The van der Waals surface area contributed by atoms with Crippen molar-refractivity contribution in [1.29, 1.82) is 0 Å². The lowest BCUT2D eigenvalue weighted by Crippen LogP contribution is -2.19. The van der Waals surface area contributed by atoms with E-state index in [2.05, 4.69) is 23.8 Å². The minimum atomic E-state index is 0.307. The van der Waals surface area contributed by atoms with Crippen LogP contribution < -0.4 is 0 Å². The molecule has 0 aliphatic carbocycles. The summed E-state index contributed by atoms with van der Waals surface area (Å²) in [5.74, 6) is 1.51. The van der Waals surface area contributed by atoms with Crippen molar-refractivity contribution in [2.75, 3.05) is 13.2 Å². The first kappa shape index (κ1) is 12.8. The second-order valence-corrected chi connectivity index (χ2v) is 5.30. The molecule has 1 atom stereocenters. The van der Waals surface area contributed by atoms with Crippen molar-refractivity contribution < 1.29 is 4.74 Å². The Morgan fingerprint density at radius 2 is 2.12 bits per heavy atom. The zero-order valence-electron chi connectivity index (χ0n) is 10.7. The van der Waals surface area contributed by atoms with Crippen molar-refractivity contribution in [2.45, 2.75) is 45.4 Å². The van der Waals surface area contributed by atoms with E-state index in [1.807, 2.05) is 6.92 Å². The summed E-state index contributed by atoms with van der Waals surface area (Å²) in [5, 5.41) is 0.605. The van der Waals surface area contributed by atoms with Crippen LogP contribution in [0.3, 0.4) is 0 Å². The lowest BCUT2D eigenvalue weighted by atomic mass is 9.99. The summed E-state index contributed by atoms with van der Waals surface area (Å²) >= 11 is 6.26. The number of hydrogen-bond acceptors (Lipinski definition) is 3. The van der Waals surface area contributed by atoms with Gasteiger partial charge in [-0.1, -0.05) is 25.4 Å². The summed E-state index contributed by atoms with van der Waals surface area (Å²) in [6.45, 7) is 7.81. The highest BCUT2D eigenvalue weighted by molar-refractivity contribution is 6.30. The van der Waals surface area contributed by atoms with Crippen molar-refractivity contribution in [3.8, 4) is 0 Å². The zero-order valence-corrected chi connectivity index (χ0v) is 11.4. The Morgan fingerprint density at radius 3 is 2.65 bits per heavy atom. The molecule has 0 saturated carbocycles. The first-order valence-electron chi connectivity index (χ1n) is 6.21. The molecule has 0 radical (unpaired) electrons. The summed E-state index contributed by atoms with van der Waals surface area (Å²) in [5.41, 5.74) is 2.06. The van der Waals surface area contributed by atoms with Crippen molar-refractivity contribution in [3.05, 3.63) is 22.2 Å². The van der Waals surface area contributed by atoms with Gasteiger partial charge in [0.05, 0.1) is 6.61 Å². The Hall–Kier alpha value is -0.670. The normalized spacial score (nSPS) is 20.9. The van der Waals surface area contributed by atoms with E-state index >= 15 is 0 Å². The Balaban J connectivity index is 2.31. The summed E-state index contributed by atoms with van der Waals surface area (Å²) in [6.07, 6.45) is 2.17. The first-order chi connectivity index (χ1) is 8.09. The molecule has 4 heteroatoms. The second-order valence-electron chi connectivity index (χ2n) is 4.94. The first-order valence-corrected chi connectivity index (χ1v) is 6.59. The molecular formula is C13H19ClN2O. The van der Waals surface area contributed by atoms with E-state index in [9.17, 15) is 0 Å². The van der Waals surface area contributed by atoms with Crippen LogP contribution in [-0.2, 0) is 4.74 Å². The number of aromatic nitrogens is 2. The van der Waals surface area contributed by atoms with E-state index in [1.165, 1.54) is 0 Å². The fraction of sp³-hybridized carbons (Fsp3) is 0.692. The summed E-state index contributed by atoms with van der Waals surface area (Å²) < 4.78 is 5.47. The van der Waals surface area contributed by atoms with Crippen LogP contribution in [0.1, 0.15) is 55.6 Å². The maximum atomic E-state index is 6.26. The highest BCUT2D eigenvalue weighted by Gasteiger charge is 2.21. The standard InChI is InChI=1S/C13H19ClN2O/c1-8(2)11-9(3)15-13(16-12(11)14)10-5-4-6-17-7-10/h8,10H,4-7H2,1-3H3. The molecule has 0 aromatic carbocycles. The lowest BCUT2D eigenvalue weighted by molar-refractivity contribution is 0.0780. The number of nitrogens with zero attached hydrogens (tertiary/aromatic N) is 2. The second kappa shape index (κ2) is 5.32. The molecule has 0 N–H and O–H groups in total. The van der Waals surface area contributed by atoms with Gasteiger partial charge >= 0.3 is 0 Å². The van der Waals surface area contributed by atoms with Gasteiger partial charge < -0.3 is 4.74 Å². The summed E-state index contributed by atoms with van der Waals surface area (Å²) in [7, 11) is 0. The molecule has 1 saturated heterocycles. The van der Waals surface area contributed by atoms with Crippen LogP contribution in [0.2, 0.25) is 5.15 Å². The minimum Gasteiger partial charge on any atom is -0.381 e. The van der Waals surface area contributed by atoms with E-state index in [4.69, 9.17) is 16.3 Å².